The van der Waals surface area contributed by atoms with Gasteiger partial charge in [0.1, 0.15) is 0 Å². The highest BCUT2D eigenvalue weighted by Crippen LogP contribution is 2.34. The average molecular weight is 329 g/mol. The molecule has 3 unspecified atom stereocenters. The third-order valence-electron chi connectivity index (χ3n) is 5.23. The summed E-state index contributed by atoms with van der Waals surface area (Å²) in [6.45, 7) is 5.41. The molecule has 2 bridgehead atoms. The van der Waals surface area contributed by atoms with Gasteiger partial charge in [0.25, 0.3) is 0 Å². The highest BCUT2D eigenvalue weighted by molar-refractivity contribution is 5.80. The van der Waals surface area contributed by atoms with Crippen molar-refractivity contribution in [2.45, 2.75) is 70.1 Å². The molecule has 0 amide bonds. The highest BCUT2D eigenvalue weighted by atomic mass is 16.5. The summed E-state index contributed by atoms with van der Waals surface area (Å²) in [6, 6.07) is 9.45. The third kappa shape index (κ3) is 4.29. The Bertz CT molecular complexity index is 553. The number of ether oxygens (including phenoxy) is 1. The molecule has 0 aliphatic carbocycles. The fraction of sp³-hybridized carbons (Fsp3) is 0.650. The zero-order chi connectivity index (χ0) is 16.9. The summed E-state index contributed by atoms with van der Waals surface area (Å²) in [6.07, 6.45) is 6.59. The maximum atomic E-state index is 5.89. The SMILES string of the molecule is CN=C(NCCCc1ccc(C(C)C)cc1)NC1CC2CCC1O2. The lowest BCUT2D eigenvalue weighted by molar-refractivity contribution is 0.0992. The first-order valence-electron chi connectivity index (χ1n) is 9.37. The van der Waals surface area contributed by atoms with Gasteiger partial charge in [-0.25, -0.2) is 0 Å². The molecule has 2 aliphatic rings. The highest BCUT2D eigenvalue weighted by Gasteiger charge is 2.41. The van der Waals surface area contributed by atoms with Crippen LogP contribution in [0.25, 0.3) is 0 Å². The first-order valence-corrected chi connectivity index (χ1v) is 9.37. The quantitative estimate of drug-likeness (QED) is 0.478. The predicted molar refractivity (Wildman–Crippen MR) is 99.6 cm³/mol. The molecule has 0 saturated carbocycles. The van der Waals surface area contributed by atoms with E-state index in [1.807, 2.05) is 7.05 Å². The van der Waals surface area contributed by atoms with Crippen molar-refractivity contribution < 1.29 is 4.74 Å². The largest absolute Gasteiger partial charge is 0.373 e. The molecule has 1 aromatic rings. The number of fused-ring (bicyclic) bond motifs is 2. The predicted octanol–water partition coefficient (Wildman–Crippen LogP) is 3.23. The van der Waals surface area contributed by atoms with Gasteiger partial charge in [-0.05, 0) is 49.1 Å². The van der Waals surface area contributed by atoms with Crippen LogP contribution in [-0.2, 0) is 11.2 Å². The van der Waals surface area contributed by atoms with Crippen LogP contribution in [0.4, 0.5) is 0 Å². The molecule has 0 aromatic heterocycles. The number of hydrogen-bond donors (Lipinski definition) is 2. The van der Waals surface area contributed by atoms with Crippen LogP contribution in [-0.4, -0.2) is 37.8 Å². The second-order valence-electron chi connectivity index (χ2n) is 7.36. The Labute approximate surface area is 146 Å². The van der Waals surface area contributed by atoms with Crippen LogP contribution in [0.5, 0.6) is 0 Å². The van der Waals surface area contributed by atoms with Crippen LogP contribution in [0.3, 0.4) is 0 Å². The Balaban J connectivity index is 1.37. The summed E-state index contributed by atoms with van der Waals surface area (Å²) >= 11 is 0. The van der Waals surface area contributed by atoms with E-state index in [4.69, 9.17) is 4.74 Å². The zero-order valence-corrected chi connectivity index (χ0v) is 15.2. The summed E-state index contributed by atoms with van der Waals surface area (Å²) in [7, 11) is 1.84. The van der Waals surface area contributed by atoms with Crippen molar-refractivity contribution in [3.8, 4) is 0 Å². The van der Waals surface area contributed by atoms with Gasteiger partial charge in [-0.2, -0.15) is 0 Å². The number of nitrogens with zero attached hydrogens (tertiary/aromatic N) is 1. The van der Waals surface area contributed by atoms with Crippen molar-refractivity contribution in [1.29, 1.82) is 0 Å². The standard InChI is InChI=1S/C20H31N3O/c1-14(2)16-8-6-15(7-9-16)5-4-12-22-20(21-3)23-18-13-17-10-11-19(18)24-17/h6-9,14,17-19H,4-5,10-13H2,1-3H3,(H2,21,22,23). The number of aryl methyl sites for hydroxylation is 1. The van der Waals surface area contributed by atoms with Crippen LogP contribution in [0.2, 0.25) is 0 Å². The molecule has 132 valence electrons. The Morgan fingerprint density at radius 3 is 2.62 bits per heavy atom. The molecule has 2 fully saturated rings. The van der Waals surface area contributed by atoms with E-state index in [-0.39, 0.29) is 0 Å². The van der Waals surface area contributed by atoms with Gasteiger partial charge in [0.15, 0.2) is 5.96 Å². The lowest BCUT2D eigenvalue weighted by Gasteiger charge is -2.22. The number of hydrogen-bond acceptors (Lipinski definition) is 2. The minimum Gasteiger partial charge on any atom is -0.373 e. The number of rotatable bonds is 6. The molecule has 2 N–H and O–H groups in total. The molecule has 3 rings (SSSR count). The fourth-order valence-corrected chi connectivity index (χ4v) is 3.73. The smallest absolute Gasteiger partial charge is 0.191 e. The molecule has 4 nitrogen and oxygen atoms in total. The van der Waals surface area contributed by atoms with E-state index in [2.05, 4.69) is 53.7 Å². The van der Waals surface area contributed by atoms with Gasteiger partial charge < -0.3 is 15.4 Å². The molecule has 1 aromatic carbocycles. The minimum atomic E-state index is 0.382. The van der Waals surface area contributed by atoms with Crippen molar-refractivity contribution in [2.75, 3.05) is 13.6 Å². The minimum absolute atomic E-state index is 0.382. The molecular formula is C20H31N3O. The number of nitrogens with one attached hydrogen (secondary N) is 2. The molecular weight excluding hydrogens is 298 g/mol. The molecule has 4 heteroatoms. The fourth-order valence-electron chi connectivity index (χ4n) is 3.73. The zero-order valence-electron chi connectivity index (χ0n) is 15.2. The number of benzene rings is 1. The van der Waals surface area contributed by atoms with Crippen molar-refractivity contribution in [3.63, 3.8) is 0 Å². The summed E-state index contributed by atoms with van der Waals surface area (Å²) in [5.74, 6) is 1.51. The molecule has 2 saturated heterocycles. The van der Waals surface area contributed by atoms with Gasteiger partial charge >= 0.3 is 0 Å². The normalized spacial score (nSPS) is 26.2. The van der Waals surface area contributed by atoms with Crippen molar-refractivity contribution >= 4 is 5.96 Å². The molecule has 3 atom stereocenters. The summed E-state index contributed by atoms with van der Waals surface area (Å²) in [4.78, 5) is 4.35. The molecule has 2 heterocycles. The first-order chi connectivity index (χ1) is 11.7. The monoisotopic (exact) mass is 329 g/mol. The Kier molecular flexibility index (Phi) is 5.77. The molecule has 0 radical (unpaired) electrons. The molecule has 0 spiro atoms. The lowest BCUT2D eigenvalue weighted by Crippen LogP contribution is -2.47. The van der Waals surface area contributed by atoms with E-state index in [9.17, 15) is 0 Å². The second-order valence-corrected chi connectivity index (χ2v) is 7.36. The van der Waals surface area contributed by atoms with Crippen LogP contribution in [0.15, 0.2) is 29.3 Å². The summed E-state index contributed by atoms with van der Waals surface area (Å²) in [5.41, 5.74) is 2.82. The van der Waals surface area contributed by atoms with E-state index in [1.165, 1.54) is 24.0 Å². The van der Waals surface area contributed by atoms with Gasteiger partial charge in [0.2, 0.25) is 0 Å². The van der Waals surface area contributed by atoms with E-state index >= 15 is 0 Å². The van der Waals surface area contributed by atoms with Crippen molar-refractivity contribution in [1.82, 2.24) is 10.6 Å². The van der Waals surface area contributed by atoms with E-state index in [1.54, 1.807) is 0 Å². The van der Waals surface area contributed by atoms with Gasteiger partial charge in [-0.1, -0.05) is 38.1 Å². The molecule has 24 heavy (non-hydrogen) atoms. The van der Waals surface area contributed by atoms with E-state index in [0.29, 0.717) is 24.2 Å². The first kappa shape index (κ1) is 17.3. The van der Waals surface area contributed by atoms with Gasteiger partial charge in [0, 0.05) is 13.6 Å². The van der Waals surface area contributed by atoms with Gasteiger partial charge in [-0.15, -0.1) is 0 Å². The van der Waals surface area contributed by atoms with Crippen LogP contribution in [0.1, 0.15) is 56.6 Å². The Morgan fingerprint density at radius 1 is 1.25 bits per heavy atom. The van der Waals surface area contributed by atoms with Crippen molar-refractivity contribution in [2.24, 2.45) is 4.99 Å². The Hall–Kier alpha value is -1.55. The maximum Gasteiger partial charge on any atom is 0.191 e. The van der Waals surface area contributed by atoms with Crippen LogP contribution >= 0.6 is 0 Å². The summed E-state index contributed by atoms with van der Waals surface area (Å²) < 4.78 is 5.89. The third-order valence-corrected chi connectivity index (χ3v) is 5.23. The van der Waals surface area contributed by atoms with Crippen LogP contribution in [0, 0.1) is 0 Å². The lowest BCUT2D eigenvalue weighted by atomic mass is 9.96. The van der Waals surface area contributed by atoms with Crippen molar-refractivity contribution in [3.05, 3.63) is 35.4 Å². The van der Waals surface area contributed by atoms with E-state index < -0.39 is 0 Å². The van der Waals surface area contributed by atoms with Gasteiger partial charge in [0.05, 0.1) is 18.2 Å². The topological polar surface area (TPSA) is 45.7 Å². The second kappa shape index (κ2) is 8.02. The molecule has 2 aliphatic heterocycles. The maximum absolute atomic E-state index is 5.89. The van der Waals surface area contributed by atoms with Gasteiger partial charge in [-0.3, -0.25) is 4.99 Å². The number of aliphatic imine (C=N–C) groups is 1. The summed E-state index contributed by atoms with van der Waals surface area (Å²) in [5, 5.41) is 6.97. The number of guanidine groups is 1. The van der Waals surface area contributed by atoms with E-state index in [0.717, 1.165) is 31.8 Å². The average Bonchev–Trinajstić information content (AvgIpc) is 3.21. The Morgan fingerprint density at radius 2 is 2.04 bits per heavy atom. The van der Waals surface area contributed by atoms with Crippen LogP contribution < -0.4 is 10.6 Å².